The predicted octanol–water partition coefficient (Wildman–Crippen LogP) is 3.66. The Bertz CT molecular complexity index is 1360. The molecule has 11 heteroatoms. The van der Waals surface area contributed by atoms with Crippen LogP contribution in [0.5, 0.6) is 0 Å². The number of nitrogens with one attached hydrogen (secondary N) is 3. The molecule has 0 spiro atoms. The molecule has 36 heavy (non-hydrogen) atoms. The highest BCUT2D eigenvalue weighted by molar-refractivity contribution is 6.31. The minimum atomic E-state index is 0.443. The first kappa shape index (κ1) is 23.7. The molecule has 0 bridgehead atoms. The van der Waals surface area contributed by atoms with Gasteiger partial charge in [-0.1, -0.05) is 73.5 Å². The number of aromatic nitrogens is 6. The van der Waals surface area contributed by atoms with E-state index in [1.807, 2.05) is 18.2 Å². The van der Waals surface area contributed by atoms with Gasteiger partial charge >= 0.3 is 0 Å². The van der Waals surface area contributed by atoms with Crippen molar-refractivity contribution in [1.82, 2.24) is 40.9 Å². The lowest BCUT2D eigenvalue weighted by atomic mass is 9.98. The van der Waals surface area contributed by atoms with Gasteiger partial charge in [-0.15, -0.1) is 10.2 Å². The van der Waals surface area contributed by atoms with Crippen LogP contribution in [0.4, 0.5) is 0 Å². The number of imidazole rings is 1. The molecule has 0 atom stereocenters. The molecule has 0 radical (unpaired) electrons. The zero-order valence-electron chi connectivity index (χ0n) is 19.9. The van der Waals surface area contributed by atoms with Gasteiger partial charge in [0.25, 0.3) is 0 Å². The molecule has 1 aliphatic heterocycles. The van der Waals surface area contributed by atoms with Gasteiger partial charge in [0.05, 0.1) is 12.8 Å². The van der Waals surface area contributed by atoms with Crippen LogP contribution in [0.15, 0.2) is 58.6 Å². The third-order valence-corrected chi connectivity index (χ3v) is 6.22. The summed E-state index contributed by atoms with van der Waals surface area (Å²) in [5.74, 6) is 2.18. The van der Waals surface area contributed by atoms with Crippen molar-refractivity contribution >= 4 is 23.8 Å². The summed E-state index contributed by atoms with van der Waals surface area (Å²) in [4.78, 5) is 8.93. The molecule has 0 unspecified atom stereocenters. The van der Waals surface area contributed by atoms with Crippen LogP contribution in [0, 0.1) is 0 Å². The average molecular weight is 503 g/mol. The van der Waals surface area contributed by atoms with Gasteiger partial charge in [-0.2, -0.15) is 10.3 Å². The number of aryl methyl sites for hydroxylation is 1. The van der Waals surface area contributed by atoms with Gasteiger partial charge in [0, 0.05) is 25.1 Å². The molecule has 0 amide bonds. The highest BCUT2D eigenvalue weighted by atomic mass is 35.5. The van der Waals surface area contributed by atoms with Gasteiger partial charge in [0.2, 0.25) is 11.8 Å². The number of hydrazone groups is 1. The lowest BCUT2D eigenvalue weighted by Gasteiger charge is -2.12. The minimum absolute atomic E-state index is 0.443. The molecule has 3 N–H and O–H groups in total. The van der Waals surface area contributed by atoms with Crippen LogP contribution in [0.3, 0.4) is 0 Å². The van der Waals surface area contributed by atoms with Gasteiger partial charge < -0.3 is 9.88 Å². The number of rotatable bonds is 9. The smallest absolute Gasteiger partial charge is 0.212 e. The monoisotopic (exact) mass is 502 g/mol. The van der Waals surface area contributed by atoms with Crippen molar-refractivity contribution in [3.8, 4) is 22.5 Å². The number of hydrogen-bond acceptors (Lipinski definition) is 8. The fraction of sp³-hybridized carbons (Fsp3) is 0.280. The molecular weight excluding hydrogens is 476 g/mol. The third kappa shape index (κ3) is 5.28. The molecular formula is C25H27ClN10. The molecule has 2 aromatic carbocycles. The molecule has 0 aliphatic carbocycles. The summed E-state index contributed by atoms with van der Waals surface area (Å²) in [6.07, 6.45) is 4.68. The number of H-pyrrole nitrogens is 1. The average Bonchev–Trinajstić information content (AvgIpc) is 3.67. The largest absolute Gasteiger partial charge is 0.353 e. The summed E-state index contributed by atoms with van der Waals surface area (Å²) < 4.78 is 2.13. The molecule has 184 valence electrons. The number of aliphatic imine (C=N–C) groups is 1. The second-order valence-electron chi connectivity index (χ2n) is 8.40. The number of benzene rings is 2. The normalized spacial score (nSPS) is 13.2. The summed E-state index contributed by atoms with van der Waals surface area (Å²) in [7, 11) is 0. The van der Waals surface area contributed by atoms with E-state index in [-0.39, 0.29) is 0 Å². The zero-order chi connectivity index (χ0) is 24.7. The first-order valence-corrected chi connectivity index (χ1v) is 12.3. The quantitative estimate of drug-likeness (QED) is 0.237. The zero-order valence-corrected chi connectivity index (χ0v) is 20.7. The Morgan fingerprint density at radius 1 is 1.14 bits per heavy atom. The first-order chi connectivity index (χ1) is 17.7. The highest BCUT2D eigenvalue weighted by Crippen LogP contribution is 2.30. The van der Waals surface area contributed by atoms with Crippen LogP contribution in [0.2, 0.25) is 5.15 Å². The second-order valence-corrected chi connectivity index (χ2v) is 8.76. The van der Waals surface area contributed by atoms with E-state index < -0.39 is 0 Å². The second kappa shape index (κ2) is 11.1. The van der Waals surface area contributed by atoms with Crippen LogP contribution in [-0.2, 0) is 13.0 Å². The number of unbranched alkanes of at least 4 members (excludes halogenated alkanes) is 1. The number of guanidine groups is 1. The number of tetrazole rings is 1. The SMILES string of the molecule is CCCCc1nc(Cl)c(/C=N/NC2=NCCN2)n1Cc1ccc(-c2ccccc2-c2nn[nH]n2)cc1. The van der Waals surface area contributed by atoms with Crippen molar-refractivity contribution in [3.05, 3.63) is 70.8 Å². The number of aromatic amines is 1. The molecule has 0 fully saturated rings. The van der Waals surface area contributed by atoms with Gasteiger partial charge in [-0.3, -0.25) is 0 Å². The van der Waals surface area contributed by atoms with E-state index >= 15 is 0 Å². The van der Waals surface area contributed by atoms with E-state index in [2.05, 4.69) is 88.3 Å². The fourth-order valence-electron chi connectivity index (χ4n) is 4.11. The van der Waals surface area contributed by atoms with Crippen molar-refractivity contribution in [2.75, 3.05) is 13.1 Å². The molecule has 1 aliphatic rings. The van der Waals surface area contributed by atoms with Crippen LogP contribution in [-0.4, -0.2) is 55.4 Å². The molecule has 0 saturated carbocycles. The first-order valence-electron chi connectivity index (χ1n) is 12.0. The van der Waals surface area contributed by atoms with E-state index in [1.54, 1.807) is 6.21 Å². The topological polar surface area (TPSA) is 121 Å². The summed E-state index contributed by atoms with van der Waals surface area (Å²) in [5.41, 5.74) is 7.87. The number of hydrogen-bond donors (Lipinski definition) is 3. The minimum Gasteiger partial charge on any atom is -0.353 e. The summed E-state index contributed by atoms with van der Waals surface area (Å²) in [5, 5.41) is 22.4. The maximum atomic E-state index is 6.55. The maximum Gasteiger partial charge on any atom is 0.212 e. The van der Waals surface area contributed by atoms with E-state index in [4.69, 9.17) is 11.6 Å². The Labute approximate surface area is 213 Å². The van der Waals surface area contributed by atoms with Crippen molar-refractivity contribution in [2.45, 2.75) is 32.7 Å². The predicted molar refractivity (Wildman–Crippen MR) is 141 cm³/mol. The number of nitrogens with zero attached hydrogens (tertiary/aromatic N) is 7. The van der Waals surface area contributed by atoms with Gasteiger partial charge in [0.1, 0.15) is 11.5 Å². The van der Waals surface area contributed by atoms with E-state index in [0.717, 1.165) is 66.1 Å². The lowest BCUT2D eigenvalue weighted by Crippen LogP contribution is -2.30. The van der Waals surface area contributed by atoms with Crippen molar-refractivity contribution in [3.63, 3.8) is 0 Å². The van der Waals surface area contributed by atoms with E-state index in [0.29, 0.717) is 23.5 Å². The fourth-order valence-corrected chi connectivity index (χ4v) is 4.36. The standard InChI is InChI=1S/C25H27ClN10/c1-2-3-8-22-30-23(26)21(15-29-33-25-27-13-14-28-25)36(22)16-17-9-11-18(12-10-17)19-6-4-5-7-20(19)24-31-34-35-32-24/h4-7,9-12,15H,2-3,8,13-14,16H2,1H3,(H2,27,28,33)(H,31,32,34,35)/b29-15+. The number of halogens is 1. The molecule has 4 aromatic rings. The van der Waals surface area contributed by atoms with Crippen LogP contribution >= 0.6 is 11.6 Å². The Morgan fingerprint density at radius 2 is 1.97 bits per heavy atom. The Morgan fingerprint density at radius 3 is 2.69 bits per heavy atom. The molecule has 10 nitrogen and oxygen atoms in total. The highest BCUT2D eigenvalue weighted by Gasteiger charge is 2.16. The third-order valence-electron chi connectivity index (χ3n) is 5.95. The van der Waals surface area contributed by atoms with Crippen molar-refractivity contribution in [2.24, 2.45) is 10.1 Å². The Hall–Kier alpha value is -4.05. The maximum absolute atomic E-state index is 6.55. The van der Waals surface area contributed by atoms with Gasteiger partial charge in [-0.25, -0.2) is 15.4 Å². The summed E-state index contributed by atoms with van der Waals surface area (Å²) in [6, 6.07) is 16.5. The lowest BCUT2D eigenvalue weighted by molar-refractivity contribution is 0.675. The van der Waals surface area contributed by atoms with Gasteiger partial charge in [0.15, 0.2) is 5.15 Å². The molecule has 5 rings (SSSR count). The summed E-state index contributed by atoms with van der Waals surface area (Å²) >= 11 is 6.55. The Kier molecular flexibility index (Phi) is 7.32. The van der Waals surface area contributed by atoms with E-state index in [9.17, 15) is 0 Å². The molecule has 3 heterocycles. The van der Waals surface area contributed by atoms with Crippen molar-refractivity contribution in [1.29, 1.82) is 0 Å². The van der Waals surface area contributed by atoms with Crippen LogP contribution < -0.4 is 10.7 Å². The van der Waals surface area contributed by atoms with Crippen molar-refractivity contribution < 1.29 is 0 Å². The summed E-state index contributed by atoms with van der Waals surface area (Å²) in [6.45, 7) is 4.36. The molecule has 2 aromatic heterocycles. The Balaban J connectivity index is 1.40. The van der Waals surface area contributed by atoms with Crippen LogP contribution in [0.1, 0.15) is 36.8 Å². The van der Waals surface area contributed by atoms with E-state index in [1.165, 1.54) is 0 Å². The molecule has 0 saturated heterocycles. The van der Waals surface area contributed by atoms with Crippen LogP contribution in [0.25, 0.3) is 22.5 Å². The van der Waals surface area contributed by atoms with Gasteiger partial charge in [-0.05, 0) is 28.3 Å².